The Morgan fingerprint density at radius 1 is 1.09 bits per heavy atom. The van der Waals surface area contributed by atoms with Crippen LogP contribution in [0, 0.1) is 5.82 Å². The summed E-state index contributed by atoms with van der Waals surface area (Å²) in [6.07, 6.45) is 6.97. The molecule has 164 valence electrons. The number of halogens is 3. The molecule has 0 unspecified atom stereocenters. The Kier molecular flexibility index (Phi) is 5.88. The fourth-order valence-corrected chi connectivity index (χ4v) is 4.48. The molecule has 0 radical (unpaired) electrons. The zero-order chi connectivity index (χ0) is 22.9. The van der Waals surface area contributed by atoms with Crippen molar-refractivity contribution in [2.75, 3.05) is 4.90 Å². The number of hydrogen-bond donors (Lipinski definition) is 0. The number of anilines is 1. The molecule has 0 atom stereocenters. The maximum atomic E-state index is 14.6. The molecule has 0 saturated heterocycles. The number of hydrogen-bond acceptors (Lipinski definition) is 5. The van der Waals surface area contributed by atoms with E-state index in [2.05, 4.69) is 15.0 Å². The van der Waals surface area contributed by atoms with Gasteiger partial charge in [-0.3, -0.25) is 14.1 Å². The lowest BCUT2D eigenvalue weighted by Crippen LogP contribution is -2.31. The lowest BCUT2D eigenvalue weighted by Gasteiger charge is -2.18. The second-order valence-electron chi connectivity index (χ2n) is 7.04. The number of imidazole rings is 1. The lowest BCUT2D eigenvalue weighted by molar-refractivity contribution is -0.113. The summed E-state index contributed by atoms with van der Waals surface area (Å²) >= 11 is 13.4. The van der Waals surface area contributed by atoms with Crippen molar-refractivity contribution < 1.29 is 9.18 Å². The zero-order valence-electron chi connectivity index (χ0n) is 16.8. The van der Waals surface area contributed by atoms with Crippen LogP contribution in [0.2, 0.25) is 10.0 Å². The number of carbonyl (C=O) groups excluding carboxylic acids is 1. The molecule has 0 aliphatic carbocycles. The summed E-state index contributed by atoms with van der Waals surface area (Å²) in [4.78, 5) is 27.7. The van der Waals surface area contributed by atoms with Crippen LogP contribution < -0.4 is 4.90 Å². The molecule has 1 aliphatic rings. The molecule has 0 bridgehead atoms. The minimum absolute atomic E-state index is 0.128. The highest BCUT2D eigenvalue weighted by molar-refractivity contribution is 8.13. The number of aromatic nitrogens is 3. The van der Waals surface area contributed by atoms with Crippen molar-refractivity contribution in [2.45, 2.75) is 5.75 Å². The fraction of sp³-hybridized carbons (Fsp3) is 0.0435. The molecule has 0 fully saturated rings. The largest absolute Gasteiger partial charge is 0.291 e. The van der Waals surface area contributed by atoms with Gasteiger partial charge in [0.15, 0.2) is 5.17 Å². The summed E-state index contributed by atoms with van der Waals surface area (Å²) in [5.41, 5.74) is 1.70. The van der Waals surface area contributed by atoms with Crippen molar-refractivity contribution in [3.05, 3.63) is 99.9 Å². The smallest absolute Gasteiger partial charge is 0.283 e. The number of thioether (sulfide) groups is 1. The molecule has 2 aromatic heterocycles. The maximum Gasteiger partial charge on any atom is 0.283 e. The molecule has 6 nitrogen and oxygen atoms in total. The maximum absolute atomic E-state index is 14.6. The van der Waals surface area contributed by atoms with Gasteiger partial charge in [0.1, 0.15) is 11.5 Å². The summed E-state index contributed by atoms with van der Waals surface area (Å²) in [5, 5.41) is 1.12. The molecular formula is C23H14Cl2FN5OS. The molecule has 10 heteroatoms. The number of benzene rings is 2. The summed E-state index contributed by atoms with van der Waals surface area (Å²) in [6, 6.07) is 12.9. The minimum Gasteiger partial charge on any atom is -0.291 e. The highest BCUT2D eigenvalue weighted by Crippen LogP contribution is 2.33. The van der Waals surface area contributed by atoms with Gasteiger partial charge in [0.05, 0.1) is 21.4 Å². The summed E-state index contributed by atoms with van der Waals surface area (Å²) in [5.74, 6) is 0.0291. The predicted molar refractivity (Wildman–Crippen MR) is 130 cm³/mol. The van der Waals surface area contributed by atoms with Crippen molar-refractivity contribution in [2.24, 2.45) is 4.99 Å². The third-order valence-corrected chi connectivity index (χ3v) is 6.52. The van der Waals surface area contributed by atoms with E-state index in [1.54, 1.807) is 48.7 Å². The first kappa shape index (κ1) is 21.6. The van der Waals surface area contributed by atoms with Gasteiger partial charge >= 0.3 is 0 Å². The number of carbonyl (C=O) groups is 1. The van der Waals surface area contributed by atoms with Crippen LogP contribution in [0.25, 0.3) is 11.9 Å². The molecule has 0 spiro atoms. The molecule has 5 rings (SSSR count). The van der Waals surface area contributed by atoms with Gasteiger partial charge in [0.2, 0.25) is 5.78 Å². The number of aliphatic imine (C=N–C) groups is 1. The van der Waals surface area contributed by atoms with E-state index in [1.165, 1.54) is 22.7 Å². The highest BCUT2D eigenvalue weighted by atomic mass is 35.5. The zero-order valence-corrected chi connectivity index (χ0v) is 19.2. The van der Waals surface area contributed by atoms with Crippen molar-refractivity contribution in [3.8, 4) is 0 Å². The van der Waals surface area contributed by atoms with Gasteiger partial charge in [0, 0.05) is 24.3 Å². The van der Waals surface area contributed by atoms with Gasteiger partial charge in [-0.05, 0) is 42.0 Å². The molecule has 0 saturated carbocycles. The van der Waals surface area contributed by atoms with Gasteiger partial charge in [0.25, 0.3) is 5.91 Å². The SMILES string of the molecule is O=C1/C(=C\c2ccc(Cl)c(Cl)c2)N=C(SCc2cn3cccnc3n2)N1c1ccccc1F. The molecule has 1 aliphatic heterocycles. The normalized spacial score (nSPS) is 15.0. The highest BCUT2D eigenvalue weighted by Gasteiger charge is 2.33. The standard InChI is InChI=1S/C23H14Cl2FN5OS/c24-16-7-6-14(10-17(16)25)11-19-21(32)31(20-5-2-1-4-18(20)26)23(29-19)33-13-15-12-30-9-3-8-27-22(30)28-15/h1-12H,13H2/b19-11+. The molecule has 3 heterocycles. The number of fused-ring (bicyclic) bond motifs is 1. The van der Waals surface area contributed by atoms with Crippen LogP contribution in [-0.4, -0.2) is 25.4 Å². The second kappa shape index (κ2) is 8.97. The third kappa shape index (κ3) is 4.37. The van der Waals surface area contributed by atoms with E-state index >= 15 is 0 Å². The average Bonchev–Trinajstić information content (AvgIpc) is 3.36. The van der Waals surface area contributed by atoms with Gasteiger partial charge in [-0.1, -0.05) is 53.2 Å². The number of amides is 1. The summed E-state index contributed by atoms with van der Waals surface area (Å²) in [6.45, 7) is 0. The van der Waals surface area contributed by atoms with Crippen molar-refractivity contribution in [1.29, 1.82) is 0 Å². The van der Waals surface area contributed by atoms with Gasteiger partial charge in [-0.15, -0.1) is 0 Å². The Morgan fingerprint density at radius 2 is 1.94 bits per heavy atom. The van der Waals surface area contributed by atoms with E-state index in [9.17, 15) is 9.18 Å². The number of para-hydroxylation sites is 1. The topological polar surface area (TPSA) is 62.9 Å². The quantitative estimate of drug-likeness (QED) is 0.331. The molecule has 4 aromatic rings. The van der Waals surface area contributed by atoms with Crippen LogP contribution in [-0.2, 0) is 10.5 Å². The van der Waals surface area contributed by atoms with Gasteiger partial charge in [-0.25, -0.2) is 19.4 Å². The molecule has 1 amide bonds. The Hall–Kier alpha value is -3.20. The molecule has 2 aromatic carbocycles. The lowest BCUT2D eigenvalue weighted by atomic mass is 10.2. The Labute approximate surface area is 202 Å². The first-order chi connectivity index (χ1) is 16.0. The Morgan fingerprint density at radius 3 is 2.73 bits per heavy atom. The van der Waals surface area contributed by atoms with Crippen molar-refractivity contribution >= 4 is 63.6 Å². The summed E-state index contributed by atoms with van der Waals surface area (Å²) < 4.78 is 16.4. The average molecular weight is 498 g/mol. The third-order valence-electron chi connectivity index (χ3n) is 4.80. The predicted octanol–water partition coefficient (Wildman–Crippen LogP) is 5.85. The molecule has 33 heavy (non-hydrogen) atoms. The van der Waals surface area contributed by atoms with E-state index in [0.29, 0.717) is 32.3 Å². The van der Waals surface area contributed by atoms with E-state index in [0.717, 1.165) is 5.69 Å². The Balaban J connectivity index is 1.49. The van der Waals surface area contributed by atoms with Crippen LogP contribution in [0.15, 0.2) is 77.8 Å². The second-order valence-corrected chi connectivity index (χ2v) is 8.79. The Bertz CT molecular complexity index is 1420. The van der Waals surface area contributed by atoms with Crippen LogP contribution >= 0.6 is 35.0 Å². The van der Waals surface area contributed by atoms with Gasteiger partial charge in [-0.2, -0.15) is 0 Å². The van der Waals surface area contributed by atoms with Crippen LogP contribution in [0.1, 0.15) is 11.3 Å². The molecule has 0 N–H and O–H groups in total. The number of rotatable bonds is 4. The van der Waals surface area contributed by atoms with Crippen molar-refractivity contribution in [3.63, 3.8) is 0 Å². The van der Waals surface area contributed by atoms with Crippen LogP contribution in [0.4, 0.5) is 10.1 Å². The fourth-order valence-electron chi connectivity index (χ4n) is 3.29. The molecular weight excluding hydrogens is 484 g/mol. The first-order valence-corrected chi connectivity index (χ1v) is 11.5. The summed E-state index contributed by atoms with van der Waals surface area (Å²) in [7, 11) is 0. The minimum atomic E-state index is -0.521. The van der Waals surface area contributed by atoms with Crippen LogP contribution in [0.3, 0.4) is 0 Å². The van der Waals surface area contributed by atoms with Crippen LogP contribution in [0.5, 0.6) is 0 Å². The monoisotopic (exact) mass is 497 g/mol. The van der Waals surface area contributed by atoms with E-state index in [-0.39, 0.29) is 11.4 Å². The number of nitrogens with zero attached hydrogens (tertiary/aromatic N) is 5. The van der Waals surface area contributed by atoms with E-state index in [1.807, 2.05) is 22.9 Å². The van der Waals surface area contributed by atoms with E-state index < -0.39 is 11.7 Å². The van der Waals surface area contributed by atoms with E-state index in [4.69, 9.17) is 23.2 Å². The van der Waals surface area contributed by atoms with Gasteiger partial charge < -0.3 is 0 Å². The van der Waals surface area contributed by atoms with Crippen molar-refractivity contribution in [1.82, 2.24) is 14.4 Å². The number of amidine groups is 1. The first-order valence-electron chi connectivity index (χ1n) is 9.75.